The van der Waals surface area contributed by atoms with E-state index in [1.54, 1.807) is 6.07 Å². The molecule has 0 heterocycles. The zero-order valence-electron chi connectivity index (χ0n) is 9.57. The third kappa shape index (κ3) is 4.66. The van der Waals surface area contributed by atoms with Gasteiger partial charge in [0, 0.05) is 12.0 Å². The van der Waals surface area contributed by atoms with Crippen LogP contribution in [0.4, 0.5) is 4.39 Å². The summed E-state index contributed by atoms with van der Waals surface area (Å²) in [4.78, 5) is 20.8. The molecule has 1 amide bonds. The van der Waals surface area contributed by atoms with E-state index in [1.165, 1.54) is 12.1 Å². The van der Waals surface area contributed by atoms with E-state index in [9.17, 15) is 14.0 Å². The van der Waals surface area contributed by atoms with E-state index in [0.717, 1.165) is 0 Å². The Morgan fingerprint density at radius 2 is 2.11 bits per heavy atom. The maximum atomic E-state index is 13.5. The third-order valence-electron chi connectivity index (χ3n) is 2.16. The number of carbonyl (C=O) groups is 2. The molecule has 0 radical (unpaired) electrons. The Bertz CT molecular complexity index is 529. The van der Waals surface area contributed by atoms with Gasteiger partial charge in [-0.05, 0) is 24.1 Å². The molecule has 94 valence electrons. The number of carboxylic acids is 1. The second-order valence-electron chi connectivity index (χ2n) is 3.64. The summed E-state index contributed by atoms with van der Waals surface area (Å²) in [6.45, 7) is 0. The highest BCUT2D eigenvalue weighted by atomic mass is 19.1. The van der Waals surface area contributed by atoms with Crippen LogP contribution in [0.5, 0.6) is 0 Å². The van der Waals surface area contributed by atoms with E-state index in [-0.39, 0.29) is 19.3 Å². The second kappa shape index (κ2) is 6.40. The summed E-state index contributed by atoms with van der Waals surface area (Å²) < 4.78 is 13.5. The van der Waals surface area contributed by atoms with Gasteiger partial charge in [0.05, 0.1) is 6.42 Å². The number of amides is 1. The smallest absolute Gasteiger partial charge is 0.303 e. The van der Waals surface area contributed by atoms with Crippen LogP contribution in [0.25, 0.3) is 0 Å². The van der Waals surface area contributed by atoms with E-state index >= 15 is 0 Å². The van der Waals surface area contributed by atoms with Crippen molar-refractivity contribution in [1.82, 2.24) is 0 Å². The van der Waals surface area contributed by atoms with E-state index in [2.05, 4.69) is 11.8 Å². The number of halogens is 1. The van der Waals surface area contributed by atoms with Crippen LogP contribution in [-0.2, 0) is 16.0 Å². The minimum absolute atomic E-state index is 0.0810. The first kappa shape index (κ1) is 13.7. The summed E-state index contributed by atoms with van der Waals surface area (Å²) in [6, 6.07) is 4.28. The first-order chi connectivity index (χ1) is 8.49. The van der Waals surface area contributed by atoms with Gasteiger partial charge in [-0.3, -0.25) is 9.59 Å². The van der Waals surface area contributed by atoms with Crippen LogP contribution in [0, 0.1) is 17.7 Å². The molecule has 4 nitrogen and oxygen atoms in total. The van der Waals surface area contributed by atoms with Crippen molar-refractivity contribution in [1.29, 1.82) is 0 Å². The number of aliphatic carboxylic acids is 1. The van der Waals surface area contributed by atoms with Crippen molar-refractivity contribution in [2.24, 2.45) is 5.73 Å². The van der Waals surface area contributed by atoms with Crippen molar-refractivity contribution >= 4 is 11.9 Å². The van der Waals surface area contributed by atoms with Gasteiger partial charge in [-0.15, -0.1) is 0 Å². The van der Waals surface area contributed by atoms with Gasteiger partial charge < -0.3 is 10.8 Å². The van der Waals surface area contributed by atoms with Gasteiger partial charge in [0.1, 0.15) is 5.82 Å². The summed E-state index contributed by atoms with van der Waals surface area (Å²) in [5.74, 6) is 3.10. The van der Waals surface area contributed by atoms with Gasteiger partial charge in [-0.2, -0.15) is 0 Å². The third-order valence-corrected chi connectivity index (χ3v) is 2.16. The number of carbonyl (C=O) groups excluding carboxylic acids is 1. The van der Waals surface area contributed by atoms with Crippen molar-refractivity contribution in [2.45, 2.75) is 19.3 Å². The molecule has 0 unspecified atom stereocenters. The molecule has 0 spiro atoms. The summed E-state index contributed by atoms with van der Waals surface area (Å²) in [6.07, 6.45) is -0.0673. The lowest BCUT2D eigenvalue weighted by Crippen LogP contribution is -2.08. The molecule has 0 aromatic heterocycles. The molecule has 0 saturated heterocycles. The van der Waals surface area contributed by atoms with E-state index < -0.39 is 17.7 Å². The van der Waals surface area contributed by atoms with Crippen LogP contribution < -0.4 is 5.73 Å². The fraction of sp³-hybridized carbons (Fsp3) is 0.231. The highest BCUT2D eigenvalue weighted by Crippen LogP contribution is 2.12. The molecule has 0 aliphatic heterocycles. The predicted octanol–water partition coefficient (Wildman–Crippen LogP) is 1.07. The standard InChI is InChI=1S/C13H12FNO3/c14-11-8-9(2-1-3-12(15)16)4-5-10(11)6-7-13(17)18/h4-5,8H,3,6-7H2,(H2,15,16)(H,17,18). The van der Waals surface area contributed by atoms with Crippen LogP contribution in [0.2, 0.25) is 0 Å². The number of rotatable bonds is 4. The average molecular weight is 249 g/mol. The average Bonchev–Trinajstić information content (AvgIpc) is 2.27. The minimum atomic E-state index is -0.972. The topological polar surface area (TPSA) is 80.4 Å². The zero-order chi connectivity index (χ0) is 13.5. The highest BCUT2D eigenvalue weighted by Gasteiger charge is 2.05. The first-order valence-corrected chi connectivity index (χ1v) is 5.26. The molecule has 0 aliphatic rings. The van der Waals surface area contributed by atoms with Crippen molar-refractivity contribution in [3.05, 3.63) is 35.1 Å². The summed E-state index contributed by atoms with van der Waals surface area (Å²) in [5.41, 5.74) is 5.66. The molecule has 0 atom stereocenters. The lowest BCUT2D eigenvalue weighted by atomic mass is 10.1. The fourth-order valence-electron chi connectivity index (χ4n) is 1.30. The Balaban J connectivity index is 2.74. The maximum absolute atomic E-state index is 13.5. The maximum Gasteiger partial charge on any atom is 0.303 e. The predicted molar refractivity (Wildman–Crippen MR) is 63.0 cm³/mol. The second-order valence-corrected chi connectivity index (χ2v) is 3.64. The van der Waals surface area contributed by atoms with Crippen molar-refractivity contribution in [3.8, 4) is 11.8 Å². The molecule has 0 aliphatic carbocycles. The van der Waals surface area contributed by atoms with Crippen molar-refractivity contribution in [3.63, 3.8) is 0 Å². The molecule has 3 N–H and O–H groups in total. The van der Waals surface area contributed by atoms with Crippen LogP contribution >= 0.6 is 0 Å². The number of aryl methyl sites for hydroxylation is 1. The first-order valence-electron chi connectivity index (χ1n) is 5.26. The molecule has 0 fully saturated rings. The molecule has 5 heteroatoms. The lowest BCUT2D eigenvalue weighted by molar-refractivity contribution is -0.137. The molecule has 1 rings (SSSR count). The van der Waals surface area contributed by atoms with Crippen LogP contribution in [0.3, 0.4) is 0 Å². The largest absolute Gasteiger partial charge is 0.481 e. The quantitative estimate of drug-likeness (QED) is 0.783. The van der Waals surface area contributed by atoms with Gasteiger partial charge in [-0.1, -0.05) is 17.9 Å². The molecule has 0 saturated carbocycles. The van der Waals surface area contributed by atoms with Gasteiger partial charge in [0.25, 0.3) is 0 Å². The van der Waals surface area contributed by atoms with Crippen molar-refractivity contribution < 1.29 is 19.1 Å². The van der Waals surface area contributed by atoms with Crippen LogP contribution in [0.1, 0.15) is 24.0 Å². The van der Waals surface area contributed by atoms with Crippen molar-refractivity contribution in [2.75, 3.05) is 0 Å². The SMILES string of the molecule is NC(=O)CC#Cc1ccc(CCC(=O)O)c(F)c1. The highest BCUT2D eigenvalue weighted by molar-refractivity contribution is 5.76. The van der Waals surface area contributed by atoms with E-state index in [1.807, 2.05) is 0 Å². The number of nitrogens with two attached hydrogens (primary N) is 1. The molecular formula is C13H12FNO3. The van der Waals surface area contributed by atoms with Gasteiger partial charge >= 0.3 is 5.97 Å². The summed E-state index contributed by atoms with van der Waals surface area (Å²) in [7, 11) is 0. The Morgan fingerprint density at radius 3 is 2.67 bits per heavy atom. The monoisotopic (exact) mass is 249 g/mol. The van der Waals surface area contributed by atoms with Gasteiger partial charge in [0.15, 0.2) is 0 Å². The molecule has 18 heavy (non-hydrogen) atoms. The minimum Gasteiger partial charge on any atom is -0.481 e. The summed E-state index contributed by atoms with van der Waals surface area (Å²) >= 11 is 0. The van der Waals surface area contributed by atoms with Crippen LogP contribution in [-0.4, -0.2) is 17.0 Å². The van der Waals surface area contributed by atoms with Gasteiger partial charge in [-0.25, -0.2) is 4.39 Å². The number of hydrogen-bond acceptors (Lipinski definition) is 2. The molecule has 1 aromatic carbocycles. The molecule has 0 bridgehead atoms. The normalized spacial score (nSPS) is 9.39. The molecule has 1 aromatic rings. The molecular weight excluding hydrogens is 237 g/mol. The number of hydrogen-bond donors (Lipinski definition) is 2. The number of primary amides is 1. The zero-order valence-corrected chi connectivity index (χ0v) is 9.57. The van der Waals surface area contributed by atoms with E-state index in [0.29, 0.717) is 11.1 Å². The number of benzene rings is 1. The van der Waals surface area contributed by atoms with E-state index in [4.69, 9.17) is 10.8 Å². The Hall–Kier alpha value is -2.35. The van der Waals surface area contributed by atoms with Crippen LogP contribution in [0.15, 0.2) is 18.2 Å². The lowest BCUT2D eigenvalue weighted by Gasteiger charge is -2.01. The Labute approximate surface area is 104 Å². The Morgan fingerprint density at radius 1 is 1.39 bits per heavy atom. The fourth-order valence-corrected chi connectivity index (χ4v) is 1.30. The number of carboxylic acid groups (broad SMARTS) is 1. The summed E-state index contributed by atoms with van der Waals surface area (Å²) in [5, 5.41) is 8.50. The van der Waals surface area contributed by atoms with Gasteiger partial charge in [0.2, 0.25) is 5.91 Å². The Kier molecular flexibility index (Phi) is 4.88.